The van der Waals surface area contributed by atoms with Gasteiger partial charge >= 0.3 is 0 Å². The summed E-state index contributed by atoms with van der Waals surface area (Å²) in [5, 5.41) is 4.50. The zero-order valence-electron chi connectivity index (χ0n) is 11.7. The van der Waals surface area contributed by atoms with Crippen molar-refractivity contribution in [1.82, 2.24) is 14.8 Å². The second-order valence-corrected chi connectivity index (χ2v) is 5.55. The fraction of sp³-hybridized carbons (Fsp3) is 0.400. The number of nitrogens with zero attached hydrogens (tertiary/aromatic N) is 3. The highest BCUT2D eigenvalue weighted by atomic mass is 79.9. The fourth-order valence-corrected chi connectivity index (χ4v) is 2.65. The summed E-state index contributed by atoms with van der Waals surface area (Å²) in [6.07, 6.45) is 5.94. The Morgan fingerprint density at radius 3 is 2.75 bits per heavy atom. The largest absolute Gasteiger partial charge is 0.292 e. The molecule has 106 valence electrons. The van der Waals surface area contributed by atoms with E-state index in [-0.39, 0.29) is 12.2 Å². The summed E-state index contributed by atoms with van der Waals surface area (Å²) in [7, 11) is 0. The predicted molar refractivity (Wildman–Crippen MR) is 81.8 cm³/mol. The van der Waals surface area contributed by atoms with Crippen LogP contribution in [0, 0.1) is 0 Å². The molecule has 2 rings (SSSR count). The van der Waals surface area contributed by atoms with Crippen LogP contribution in [0.15, 0.2) is 35.1 Å². The van der Waals surface area contributed by atoms with Crippen molar-refractivity contribution in [2.45, 2.75) is 39.2 Å². The van der Waals surface area contributed by atoms with Crippen LogP contribution in [0.2, 0.25) is 0 Å². The molecule has 0 N–H and O–H groups in total. The van der Waals surface area contributed by atoms with Gasteiger partial charge in [0.25, 0.3) is 0 Å². The van der Waals surface area contributed by atoms with Crippen LogP contribution in [0.3, 0.4) is 0 Å². The molecule has 0 atom stereocenters. The van der Waals surface area contributed by atoms with Gasteiger partial charge in [-0.1, -0.05) is 13.8 Å². The molecule has 0 saturated carbocycles. The number of ketones is 1. The molecule has 0 spiro atoms. The Morgan fingerprint density at radius 2 is 2.10 bits per heavy atom. The Bertz CT molecular complexity index is 590. The zero-order valence-corrected chi connectivity index (χ0v) is 13.3. The van der Waals surface area contributed by atoms with Gasteiger partial charge < -0.3 is 0 Å². The lowest BCUT2D eigenvalue weighted by atomic mass is 10.1. The van der Waals surface area contributed by atoms with E-state index in [9.17, 15) is 4.79 Å². The maximum Gasteiger partial charge on any atom is 0.188 e. The topological polar surface area (TPSA) is 47.8 Å². The van der Waals surface area contributed by atoms with Gasteiger partial charge in [-0.15, -0.1) is 0 Å². The molecule has 0 unspecified atom stereocenters. The van der Waals surface area contributed by atoms with Gasteiger partial charge in [-0.05, 0) is 47.0 Å². The van der Waals surface area contributed by atoms with Crippen LogP contribution in [0.1, 0.15) is 48.9 Å². The molecule has 0 saturated heterocycles. The van der Waals surface area contributed by atoms with Crippen molar-refractivity contribution in [2.24, 2.45) is 0 Å². The van der Waals surface area contributed by atoms with Crippen LogP contribution in [-0.2, 0) is 6.42 Å². The van der Waals surface area contributed by atoms with E-state index in [1.807, 2.05) is 23.0 Å². The second kappa shape index (κ2) is 6.79. The third kappa shape index (κ3) is 3.33. The molecule has 0 amide bonds. The predicted octanol–water partition coefficient (Wildman–Crippen LogP) is 3.83. The quantitative estimate of drug-likeness (QED) is 0.754. The third-order valence-corrected chi connectivity index (χ3v) is 3.98. The Hall–Kier alpha value is -1.49. The second-order valence-electron chi connectivity index (χ2n) is 4.69. The molecule has 2 aromatic rings. The smallest absolute Gasteiger partial charge is 0.188 e. The molecule has 2 aromatic heterocycles. The van der Waals surface area contributed by atoms with E-state index >= 15 is 0 Å². The monoisotopic (exact) mass is 335 g/mol. The van der Waals surface area contributed by atoms with Crippen molar-refractivity contribution in [3.8, 4) is 0 Å². The molecule has 0 aromatic carbocycles. The summed E-state index contributed by atoms with van der Waals surface area (Å²) in [6.45, 7) is 4.29. The number of pyridine rings is 1. The fourth-order valence-electron chi connectivity index (χ4n) is 2.18. The van der Waals surface area contributed by atoms with Crippen LogP contribution in [0.5, 0.6) is 0 Å². The lowest BCUT2D eigenvalue weighted by molar-refractivity contribution is 0.0986. The number of hydrogen-bond donors (Lipinski definition) is 0. The van der Waals surface area contributed by atoms with E-state index in [1.54, 1.807) is 12.3 Å². The van der Waals surface area contributed by atoms with Crippen molar-refractivity contribution in [1.29, 1.82) is 0 Å². The van der Waals surface area contributed by atoms with E-state index in [1.165, 1.54) is 0 Å². The average Bonchev–Trinajstić information content (AvgIpc) is 2.89. The summed E-state index contributed by atoms with van der Waals surface area (Å²) in [6, 6.07) is 5.93. The van der Waals surface area contributed by atoms with Crippen LogP contribution < -0.4 is 0 Å². The first-order valence-electron chi connectivity index (χ1n) is 6.83. The molecule has 5 heteroatoms. The Labute approximate surface area is 127 Å². The minimum atomic E-state index is -0.0210. The molecule has 0 fully saturated rings. The maximum absolute atomic E-state index is 12.2. The Kier molecular flexibility index (Phi) is 5.06. The third-order valence-electron chi connectivity index (χ3n) is 3.34. The van der Waals surface area contributed by atoms with E-state index in [2.05, 4.69) is 39.9 Å². The number of rotatable bonds is 6. The van der Waals surface area contributed by atoms with E-state index < -0.39 is 0 Å². The normalized spacial score (nSPS) is 11.0. The zero-order chi connectivity index (χ0) is 14.5. The highest BCUT2D eigenvalue weighted by Crippen LogP contribution is 2.17. The first-order valence-corrected chi connectivity index (χ1v) is 7.62. The van der Waals surface area contributed by atoms with Gasteiger partial charge in [0, 0.05) is 16.9 Å². The van der Waals surface area contributed by atoms with Crippen LogP contribution in [0.4, 0.5) is 0 Å². The molecule has 2 heterocycles. The van der Waals surface area contributed by atoms with Gasteiger partial charge in [0.05, 0.1) is 18.2 Å². The Balaban J connectivity index is 2.11. The van der Waals surface area contributed by atoms with Crippen LogP contribution >= 0.6 is 15.9 Å². The van der Waals surface area contributed by atoms with Gasteiger partial charge in [-0.2, -0.15) is 5.10 Å². The van der Waals surface area contributed by atoms with Gasteiger partial charge in [0.1, 0.15) is 5.69 Å². The van der Waals surface area contributed by atoms with Gasteiger partial charge in [-0.3, -0.25) is 14.5 Å². The molecular formula is C15H18BrN3O. The summed E-state index contributed by atoms with van der Waals surface area (Å²) < 4.78 is 2.68. The highest BCUT2D eigenvalue weighted by molar-refractivity contribution is 9.10. The van der Waals surface area contributed by atoms with Crippen molar-refractivity contribution in [3.05, 3.63) is 46.5 Å². The Morgan fingerprint density at radius 1 is 1.35 bits per heavy atom. The lowest BCUT2D eigenvalue weighted by Crippen LogP contribution is -2.10. The number of carbonyl (C=O) groups excluding carboxylic acids is 1. The molecule has 20 heavy (non-hydrogen) atoms. The SMILES string of the molecule is CCC(CC)n1ccc(CC(=O)c2ncccc2Br)n1. The first-order chi connectivity index (χ1) is 9.65. The number of aromatic nitrogens is 3. The van der Waals surface area contributed by atoms with E-state index in [0.29, 0.717) is 11.7 Å². The minimum Gasteiger partial charge on any atom is -0.292 e. The summed E-state index contributed by atoms with van der Waals surface area (Å²) in [5.74, 6) is -0.0210. The number of carbonyl (C=O) groups is 1. The molecular weight excluding hydrogens is 318 g/mol. The molecule has 0 aliphatic rings. The average molecular weight is 336 g/mol. The van der Waals surface area contributed by atoms with Gasteiger partial charge in [-0.25, -0.2) is 0 Å². The molecule has 0 aliphatic carbocycles. The molecule has 4 nitrogen and oxygen atoms in total. The summed E-state index contributed by atoms with van der Waals surface area (Å²) in [5.41, 5.74) is 1.25. The van der Waals surface area contributed by atoms with Crippen molar-refractivity contribution < 1.29 is 4.79 Å². The van der Waals surface area contributed by atoms with Crippen molar-refractivity contribution >= 4 is 21.7 Å². The van der Waals surface area contributed by atoms with Gasteiger partial charge in [0.2, 0.25) is 0 Å². The first kappa shape index (κ1) is 14.9. The van der Waals surface area contributed by atoms with Crippen molar-refractivity contribution in [2.75, 3.05) is 0 Å². The summed E-state index contributed by atoms with van der Waals surface area (Å²) in [4.78, 5) is 16.3. The van der Waals surface area contributed by atoms with E-state index in [4.69, 9.17) is 0 Å². The lowest BCUT2D eigenvalue weighted by Gasteiger charge is -2.12. The van der Waals surface area contributed by atoms with Crippen LogP contribution in [0.25, 0.3) is 0 Å². The minimum absolute atomic E-state index is 0.0210. The van der Waals surface area contributed by atoms with Gasteiger partial charge in [0.15, 0.2) is 5.78 Å². The number of halogens is 1. The van der Waals surface area contributed by atoms with Crippen LogP contribution in [-0.4, -0.2) is 20.5 Å². The number of Topliss-reactive ketones (excluding diaryl/α,β-unsaturated/α-hetero) is 1. The molecule has 0 aliphatic heterocycles. The standard InChI is InChI=1S/C15H18BrN3O/c1-3-12(4-2)19-9-7-11(18-19)10-14(20)15-13(16)6-5-8-17-15/h5-9,12H,3-4,10H2,1-2H3. The molecule has 0 radical (unpaired) electrons. The van der Waals surface area contributed by atoms with Crippen molar-refractivity contribution in [3.63, 3.8) is 0 Å². The maximum atomic E-state index is 12.2. The number of hydrogen-bond acceptors (Lipinski definition) is 3. The molecule has 0 bridgehead atoms. The van der Waals surface area contributed by atoms with E-state index in [0.717, 1.165) is 23.0 Å². The highest BCUT2D eigenvalue weighted by Gasteiger charge is 2.14. The summed E-state index contributed by atoms with van der Waals surface area (Å²) >= 11 is 3.35.